The summed E-state index contributed by atoms with van der Waals surface area (Å²) in [6, 6.07) is 3.57. The number of carboxylic acid groups (broad SMARTS) is 1. The Morgan fingerprint density at radius 3 is 1.96 bits per heavy atom. The maximum absolute atomic E-state index is 12.8. The lowest BCUT2D eigenvalue weighted by atomic mass is 10.0. The van der Waals surface area contributed by atoms with Crippen LogP contribution in [-0.2, 0) is 44.9 Å². The van der Waals surface area contributed by atoms with Gasteiger partial charge in [-0.2, -0.15) is 0 Å². The number of hydrogen-bond acceptors (Lipinski definition) is 10. The normalized spacial score (nSPS) is 11.1. The Labute approximate surface area is 306 Å². The first-order valence-corrected chi connectivity index (χ1v) is 17.6. The number of unbranched alkanes of at least 4 members (excludes halogenated alkanes) is 2. The van der Waals surface area contributed by atoms with Gasteiger partial charge in [0, 0.05) is 55.1 Å². The molecule has 0 aromatic heterocycles. The number of rotatable bonds is 22. The third-order valence-electron chi connectivity index (χ3n) is 7.32. The molecule has 16 heteroatoms. The number of ether oxygens (including phenoxy) is 1. The molecule has 1 aromatic rings. The number of hydrogen-bond donors (Lipinski definition) is 7. The molecule has 1 unspecified atom stereocenters. The van der Waals surface area contributed by atoms with Crippen molar-refractivity contribution in [2.24, 2.45) is 23.5 Å². The lowest BCUT2D eigenvalue weighted by Gasteiger charge is -2.22. The van der Waals surface area contributed by atoms with Gasteiger partial charge in [0.25, 0.3) is 5.91 Å². The van der Waals surface area contributed by atoms with Crippen LogP contribution in [-0.4, -0.2) is 84.6 Å². The van der Waals surface area contributed by atoms with Gasteiger partial charge in [0.2, 0.25) is 23.6 Å². The summed E-state index contributed by atoms with van der Waals surface area (Å²) in [7, 11) is 0. The maximum atomic E-state index is 12.8. The van der Waals surface area contributed by atoms with Crippen LogP contribution in [0.3, 0.4) is 0 Å². The van der Waals surface area contributed by atoms with Gasteiger partial charge in [0.05, 0.1) is 19.0 Å². The van der Waals surface area contributed by atoms with Crippen molar-refractivity contribution in [2.45, 2.75) is 99.6 Å². The van der Waals surface area contributed by atoms with Crippen molar-refractivity contribution in [3.8, 4) is 0 Å². The van der Waals surface area contributed by atoms with E-state index in [1.807, 2.05) is 13.8 Å². The second kappa shape index (κ2) is 26.0. The predicted molar refractivity (Wildman–Crippen MR) is 195 cm³/mol. The third kappa shape index (κ3) is 20.7. The monoisotopic (exact) mass is 734 g/mol. The number of esters is 1. The number of carbonyl (C=O) groups excluding carboxylic acids is 7. The van der Waals surface area contributed by atoms with Crippen molar-refractivity contribution in [1.82, 2.24) is 21.3 Å². The molecule has 8 N–H and O–H groups in total. The minimum Gasteiger partial charge on any atom is -0.481 e. The Bertz CT molecular complexity index is 1360. The van der Waals surface area contributed by atoms with Crippen LogP contribution < -0.4 is 32.3 Å². The van der Waals surface area contributed by atoms with Gasteiger partial charge in [-0.3, -0.25) is 38.4 Å². The van der Waals surface area contributed by atoms with Crippen molar-refractivity contribution >= 4 is 52.9 Å². The second-order valence-corrected chi connectivity index (χ2v) is 12.9. The number of ketones is 1. The number of amides is 5. The Kier molecular flexibility index (Phi) is 23.6. The van der Waals surface area contributed by atoms with Gasteiger partial charge < -0.3 is 42.2 Å². The molecule has 0 spiro atoms. The number of anilines is 1. The summed E-state index contributed by atoms with van der Waals surface area (Å²) in [5.41, 5.74) is 6.38. The molecule has 0 saturated heterocycles. The first-order valence-electron chi connectivity index (χ1n) is 17.6. The minimum atomic E-state index is -0.962. The van der Waals surface area contributed by atoms with Gasteiger partial charge in [-0.25, -0.2) is 0 Å². The van der Waals surface area contributed by atoms with Crippen LogP contribution in [0.4, 0.5) is 5.69 Å². The van der Waals surface area contributed by atoms with E-state index in [0.29, 0.717) is 24.8 Å². The van der Waals surface area contributed by atoms with Crippen molar-refractivity contribution < 1.29 is 48.2 Å². The lowest BCUT2D eigenvalue weighted by molar-refractivity contribution is -0.148. The first-order chi connectivity index (χ1) is 24.4. The highest BCUT2D eigenvalue weighted by Crippen LogP contribution is 2.18. The Hall–Kier alpha value is -4.86. The SMILES string of the molecule is CC(C)C(=O)CCCCCC(=O)NCC(=O)NC(C(=O)NCC(=O)Nc1ccc(COC(=O)C(C)C)c(C(=O)NCCN)c1)C(C)C.CCC(=O)O. The third-order valence-corrected chi connectivity index (χ3v) is 7.32. The predicted octanol–water partition coefficient (Wildman–Crippen LogP) is 2.04. The second-order valence-electron chi connectivity index (χ2n) is 12.9. The molecule has 5 amide bonds. The maximum Gasteiger partial charge on any atom is 0.308 e. The van der Waals surface area contributed by atoms with Crippen LogP contribution in [0, 0.1) is 17.8 Å². The van der Waals surface area contributed by atoms with Crippen molar-refractivity contribution in [1.29, 1.82) is 0 Å². The fraction of sp³-hybridized carbons (Fsp3) is 0.611. The summed E-state index contributed by atoms with van der Waals surface area (Å²) in [5, 5.41) is 20.6. The van der Waals surface area contributed by atoms with E-state index in [-0.39, 0.29) is 79.8 Å². The molecule has 52 heavy (non-hydrogen) atoms. The van der Waals surface area contributed by atoms with E-state index in [4.69, 9.17) is 15.6 Å². The molecular weight excluding hydrogens is 676 g/mol. The zero-order valence-electron chi connectivity index (χ0n) is 31.5. The molecular formula is C36H58N6O10. The molecule has 0 heterocycles. The molecule has 0 aliphatic heterocycles. The topological polar surface area (TPSA) is 252 Å². The molecule has 0 radical (unpaired) electrons. The van der Waals surface area contributed by atoms with Crippen LogP contribution in [0.5, 0.6) is 0 Å². The minimum absolute atomic E-state index is 0.000925. The van der Waals surface area contributed by atoms with E-state index in [9.17, 15) is 38.4 Å². The van der Waals surface area contributed by atoms with E-state index in [2.05, 4.69) is 26.6 Å². The van der Waals surface area contributed by atoms with Crippen molar-refractivity contribution in [3.63, 3.8) is 0 Å². The number of benzene rings is 1. The highest BCUT2D eigenvalue weighted by Gasteiger charge is 2.25. The molecule has 0 fully saturated rings. The average molecular weight is 735 g/mol. The first kappa shape index (κ1) is 47.1. The Morgan fingerprint density at radius 2 is 1.40 bits per heavy atom. The van der Waals surface area contributed by atoms with Gasteiger partial charge in [-0.15, -0.1) is 0 Å². The Balaban J connectivity index is 0.00000484. The van der Waals surface area contributed by atoms with Gasteiger partial charge in [0.15, 0.2) is 0 Å². The summed E-state index contributed by atoms with van der Waals surface area (Å²) in [6.07, 6.45) is 2.97. The number of carbonyl (C=O) groups is 8. The van der Waals surface area contributed by atoms with E-state index in [0.717, 1.165) is 6.42 Å². The van der Waals surface area contributed by atoms with Crippen LogP contribution in [0.25, 0.3) is 0 Å². The van der Waals surface area contributed by atoms with E-state index in [1.165, 1.54) is 12.1 Å². The van der Waals surface area contributed by atoms with Crippen LogP contribution in [0.2, 0.25) is 0 Å². The van der Waals surface area contributed by atoms with Gasteiger partial charge in [-0.05, 0) is 30.9 Å². The lowest BCUT2D eigenvalue weighted by Crippen LogP contribution is -2.52. The van der Waals surface area contributed by atoms with Crippen LogP contribution in [0.15, 0.2) is 18.2 Å². The summed E-state index contributed by atoms with van der Waals surface area (Å²) < 4.78 is 5.26. The molecule has 1 rings (SSSR count). The number of carboxylic acids is 1. The number of nitrogens with one attached hydrogen (secondary N) is 5. The summed E-state index contributed by atoms with van der Waals surface area (Å²) in [5.74, 6) is -4.13. The smallest absolute Gasteiger partial charge is 0.308 e. The van der Waals surface area contributed by atoms with Gasteiger partial charge >= 0.3 is 11.9 Å². The molecule has 1 atom stereocenters. The number of aliphatic carboxylic acids is 1. The number of Topliss-reactive ketones (excluding diaryl/α,β-unsaturated/α-hetero) is 1. The van der Waals surface area contributed by atoms with E-state index < -0.39 is 48.2 Å². The largest absolute Gasteiger partial charge is 0.481 e. The molecule has 0 aliphatic carbocycles. The fourth-order valence-corrected chi connectivity index (χ4v) is 4.15. The standard InChI is InChI=1S/C33H52N6O8.C3H6O2/c1-20(2)26(40)10-8-7-9-11-27(41)36-17-29(43)39-30(21(3)4)32(45)37-18-28(42)38-24-13-12-23(19-47-33(46)22(5)6)25(16-24)31(44)35-15-14-34;1-2-3(4)5/h12-13,16,20-22,30H,7-11,14-15,17-19,34H2,1-6H3,(H,35,44)(H,36,41)(H,37,45)(H,38,42)(H,39,43);2H2,1H3,(H,4,5). The number of nitrogens with two attached hydrogens (primary N) is 1. The van der Waals surface area contributed by atoms with Crippen LogP contribution >= 0.6 is 0 Å². The summed E-state index contributed by atoms with van der Waals surface area (Å²) >= 11 is 0. The van der Waals surface area contributed by atoms with Gasteiger partial charge in [-0.1, -0.05) is 61.0 Å². The molecule has 16 nitrogen and oxygen atoms in total. The fourth-order valence-electron chi connectivity index (χ4n) is 4.15. The summed E-state index contributed by atoms with van der Waals surface area (Å²) in [6.45, 7) is 11.7. The average Bonchev–Trinajstić information content (AvgIpc) is 3.09. The highest BCUT2D eigenvalue weighted by molar-refractivity contribution is 6.00. The quantitative estimate of drug-likeness (QED) is 0.0670. The van der Waals surface area contributed by atoms with Crippen LogP contribution in [0.1, 0.15) is 103 Å². The van der Waals surface area contributed by atoms with Crippen molar-refractivity contribution in [2.75, 3.05) is 31.5 Å². The molecule has 0 bridgehead atoms. The zero-order chi connectivity index (χ0) is 39.8. The molecule has 292 valence electrons. The Morgan fingerprint density at radius 1 is 0.788 bits per heavy atom. The van der Waals surface area contributed by atoms with E-state index in [1.54, 1.807) is 40.7 Å². The molecule has 1 aromatic carbocycles. The molecule has 0 saturated carbocycles. The molecule has 0 aliphatic rings. The van der Waals surface area contributed by atoms with E-state index >= 15 is 0 Å². The summed E-state index contributed by atoms with van der Waals surface area (Å²) in [4.78, 5) is 95.8. The highest BCUT2D eigenvalue weighted by atomic mass is 16.5. The van der Waals surface area contributed by atoms with Crippen molar-refractivity contribution in [3.05, 3.63) is 29.3 Å². The van der Waals surface area contributed by atoms with Gasteiger partial charge in [0.1, 0.15) is 18.4 Å². The zero-order valence-corrected chi connectivity index (χ0v) is 31.5.